The highest BCUT2D eigenvalue weighted by Gasteiger charge is 2.30. The molecule has 2 aromatic carbocycles. The Labute approximate surface area is 212 Å². The number of nitrogens with zero attached hydrogens (tertiary/aromatic N) is 1. The first-order valence-electron chi connectivity index (χ1n) is 12.2. The molecule has 0 aliphatic rings. The van der Waals surface area contributed by atoms with Crippen molar-refractivity contribution in [2.75, 3.05) is 26.9 Å². The summed E-state index contributed by atoms with van der Waals surface area (Å²) in [4.78, 5) is 31.4. The van der Waals surface area contributed by atoms with Crippen LogP contribution in [0.5, 0.6) is 23.0 Å². The van der Waals surface area contributed by atoms with Crippen molar-refractivity contribution in [1.29, 1.82) is 0 Å². The summed E-state index contributed by atoms with van der Waals surface area (Å²) in [6.07, 6.45) is 0. The molecule has 3 rings (SSSR count). The van der Waals surface area contributed by atoms with Gasteiger partial charge in [0.05, 0.1) is 39.0 Å². The van der Waals surface area contributed by atoms with Gasteiger partial charge >= 0.3 is 0 Å². The third kappa shape index (κ3) is 5.93. The van der Waals surface area contributed by atoms with E-state index in [0.717, 1.165) is 5.39 Å². The minimum absolute atomic E-state index is 0.126. The van der Waals surface area contributed by atoms with Crippen molar-refractivity contribution < 1.29 is 23.7 Å². The smallest absolute Gasteiger partial charge is 0.254 e. The quantitative estimate of drug-likeness (QED) is 0.416. The number of fused-ring (bicyclic) bond motifs is 1. The monoisotopic (exact) mass is 496 g/mol. The number of ether oxygens (including phenoxy) is 4. The molecule has 0 bridgehead atoms. The van der Waals surface area contributed by atoms with Crippen molar-refractivity contribution in [3.8, 4) is 23.0 Å². The van der Waals surface area contributed by atoms with Crippen LogP contribution in [0.15, 0.2) is 41.2 Å². The van der Waals surface area contributed by atoms with E-state index in [9.17, 15) is 9.59 Å². The van der Waals surface area contributed by atoms with Crippen LogP contribution in [-0.2, 0) is 6.54 Å². The van der Waals surface area contributed by atoms with Crippen molar-refractivity contribution in [2.45, 2.75) is 53.6 Å². The van der Waals surface area contributed by atoms with E-state index >= 15 is 0 Å². The number of benzene rings is 2. The van der Waals surface area contributed by atoms with E-state index in [1.807, 2.05) is 59.7 Å². The molecule has 0 atom stereocenters. The second kappa shape index (κ2) is 11.4. The standard InChI is InChI=1S/C28H36N2O6/c1-8-34-23-14-19(15-24(35-9-2)25(23)36-10-3)27(32)30(28(4,5)6)17-20-13-18-11-12-21(33-7)16-22(18)29-26(20)31/h11-16H,8-10,17H2,1-7H3,(H,29,31). The number of hydrogen-bond donors (Lipinski definition) is 1. The molecule has 0 spiro atoms. The van der Waals surface area contributed by atoms with Crippen LogP contribution in [0.4, 0.5) is 0 Å². The number of aromatic amines is 1. The van der Waals surface area contributed by atoms with Gasteiger partial charge in [-0.1, -0.05) is 0 Å². The van der Waals surface area contributed by atoms with E-state index < -0.39 is 5.54 Å². The lowest BCUT2D eigenvalue weighted by atomic mass is 10.0. The summed E-state index contributed by atoms with van der Waals surface area (Å²) in [5.41, 5.74) is 0.716. The maximum absolute atomic E-state index is 13.9. The van der Waals surface area contributed by atoms with E-state index in [2.05, 4.69) is 4.98 Å². The third-order valence-electron chi connectivity index (χ3n) is 5.67. The van der Waals surface area contributed by atoms with Crippen LogP contribution < -0.4 is 24.5 Å². The average molecular weight is 497 g/mol. The molecule has 8 heteroatoms. The number of methoxy groups -OCH3 is 1. The summed E-state index contributed by atoms with van der Waals surface area (Å²) >= 11 is 0. The molecule has 0 aliphatic carbocycles. The number of aromatic nitrogens is 1. The third-order valence-corrected chi connectivity index (χ3v) is 5.67. The molecule has 194 valence electrons. The van der Waals surface area contributed by atoms with Crippen molar-refractivity contribution >= 4 is 16.8 Å². The molecule has 36 heavy (non-hydrogen) atoms. The SMILES string of the molecule is CCOc1cc(C(=O)N(Cc2cc3ccc(OC)cc3[nH]c2=O)C(C)(C)C)cc(OCC)c1OCC. The predicted octanol–water partition coefficient (Wildman–Crippen LogP) is 5.17. The Balaban J connectivity index is 2.06. The zero-order valence-corrected chi connectivity index (χ0v) is 22.2. The lowest BCUT2D eigenvalue weighted by Crippen LogP contribution is -2.46. The summed E-state index contributed by atoms with van der Waals surface area (Å²) in [6, 6.07) is 10.7. The number of nitrogens with one attached hydrogen (secondary N) is 1. The van der Waals surface area contributed by atoms with Gasteiger partial charge in [0.15, 0.2) is 11.5 Å². The van der Waals surface area contributed by atoms with Crippen LogP contribution >= 0.6 is 0 Å². The number of hydrogen-bond acceptors (Lipinski definition) is 6. The van der Waals surface area contributed by atoms with Gasteiger partial charge in [-0.25, -0.2) is 0 Å². The molecular formula is C28H36N2O6. The molecule has 0 fully saturated rings. The maximum Gasteiger partial charge on any atom is 0.254 e. The van der Waals surface area contributed by atoms with Gasteiger partial charge in [-0.15, -0.1) is 0 Å². The molecule has 3 aromatic rings. The van der Waals surface area contributed by atoms with Gasteiger partial charge in [0.1, 0.15) is 5.75 Å². The second-order valence-electron chi connectivity index (χ2n) is 9.24. The fraction of sp³-hybridized carbons (Fsp3) is 0.429. The normalized spacial score (nSPS) is 11.3. The van der Waals surface area contributed by atoms with E-state index in [0.29, 0.717) is 59.5 Å². The average Bonchev–Trinajstić information content (AvgIpc) is 2.83. The predicted molar refractivity (Wildman–Crippen MR) is 141 cm³/mol. The Bertz CT molecular complexity index is 1250. The first-order chi connectivity index (χ1) is 17.1. The summed E-state index contributed by atoms with van der Waals surface area (Å²) in [7, 11) is 1.58. The molecular weight excluding hydrogens is 460 g/mol. The molecule has 0 unspecified atom stereocenters. The van der Waals surface area contributed by atoms with Crippen LogP contribution in [0.3, 0.4) is 0 Å². The molecule has 8 nitrogen and oxygen atoms in total. The number of rotatable bonds is 10. The van der Waals surface area contributed by atoms with Crippen molar-refractivity contribution in [1.82, 2.24) is 9.88 Å². The lowest BCUT2D eigenvalue weighted by molar-refractivity contribution is 0.0557. The van der Waals surface area contributed by atoms with Crippen molar-refractivity contribution in [3.63, 3.8) is 0 Å². The van der Waals surface area contributed by atoms with Gasteiger partial charge in [0, 0.05) is 22.7 Å². The maximum atomic E-state index is 13.9. The minimum Gasteiger partial charge on any atom is -0.497 e. The molecule has 0 aliphatic heterocycles. The zero-order chi connectivity index (χ0) is 26.5. The Morgan fingerprint density at radius 1 is 0.917 bits per heavy atom. The Morgan fingerprint density at radius 3 is 2.06 bits per heavy atom. The summed E-state index contributed by atoms with van der Waals surface area (Å²) in [5.74, 6) is 1.77. The molecule has 0 saturated carbocycles. The molecule has 0 radical (unpaired) electrons. The topological polar surface area (TPSA) is 90.1 Å². The number of carbonyl (C=O) groups excluding carboxylic acids is 1. The fourth-order valence-electron chi connectivity index (χ4n) is 3.92. The number of H-pyrrole nitrogens is 1. The number of pyridine rings is 1. The zero-order valence-electron chi connectivity index (χ0n) is 22.2. The van der Waals surface area contributed by atoms with Crippen LogP contribution in [0.1, 0.15) is 57.5 Å². The van der Waals surface area contributed by atoms with Gasteiger partial charge in [0.2, 0.25) is 5.75 Å². The van der Waals surface area contributed by atoms with Crippen molar-refractivity contribution in [3.05, 3.63) is 57.9 Å². The molecule has 1 amide bonds. The summed E-state index contributed by atoms with van der Waals surface area (Å²) < 4.78 is 22.6. The molecule has 1 heterocycles. The van der Waals surface area contributed by atoms with Crippen LogP contribution in [-0.4, -0.2) is 48.3 Å². The minimum atomic E-state index is -0.575. The fourth-order valence-corrected chi connectivity index (χ4v) is 3.92. The first kappa shape index (κ1) is 26.9. The van der Waals surface area contributed by atoms with Crippen LogP contribution in [0.25, 0.3) is 10.9 Å². The van der Waals surface area contributed by atoms with Crippen LogP contribution in [0, 0.1) is 0 Å². The number of amides is 1. The largest absolute Gasteiger partial charge is 0.497 e. The Hall–Kier alpha value is -3.68. The van der Waals surface area contributed by atoms with Gasteiger partial charge < -0.3 is 28.8 Å². The summed E-state index contributed by atoms with van der Waals surface area (Å²) in [5, 5.41) is 0.852. The van der Waals surface area contributed by atoms with Gasteiger partial charge in [-0.05, 0) is 77.3 Å². The van der Waals surface area contributed by atoms with Gasteiger partial charge in [-0.2, -0.15) is 0 Å². The first-order valence-corrected chi connectivity index (χ1v) is 12.2. The highest BCUT2D eigenvalue weighted by molar-refractivity contribution is 5.96. The number of carbonyl (C=O) groups is 1. The Kier molecular flexibility index (Phi) is 8.50. The second-order valence-corrected chi connectivity index (χ2v) is 9.24. The molecule has 1 N–H and O–H groups in total. The van der Waals surface area contributed by atoms with Gasteiger partial charge in [-0.3, -0.25) is 9.59 Å². The van der Waals surface area contributed by atoms with E-state index in [4.69, 9.17) is 18.9 Å². The van der Waals surface area contributed by atoms with E-state index in [1.165, 1.54) is 0 Å². The highest BCUT2D eigenvalue weighted by atomic mass is 16.5. The van der Waals surface area contributed by atoms with E-state index in [-0.39, 0.29) is 18.0 Å². The molecule has 0 saturated heterocycles. The Morgan fingerprint density at radius 2 is 1.53 bits per heavy atom. The van der Waals surface area contributed by atoms with E-state index in [1.54, 1.807) is 30.2 Å². The van der Waals surface area contributed by atoms with Crippen molar-refractivity contribution in [2.24, 2.45) is 0 Å². The van der Waals surface area contributed by atoms with Gasteiger partial charge in [0.25, 0.3) is 11.5 Å². The lowest BCUT2D eigenvalue weighted by Gasteiger charge is -2.36. The highest BCUT2D eigenvalue weighted by Crippen LogP contribution is 2.40. The molecule has 1 aromatic heterocycles. The van der Waals surface area contributed by atoms with Crippen LogP contribution in [0.2, 0.25) is 0 Å². The summed E-state index contributed by atoms with van der Waals surface area (Å²) in [6.45, 7) is 12.8.